The Labute approximate surface area is 111 Å². The summed E-state index contributed by atoms with van der Waals surface area (Å²) in [5.74, 6) is -0.258. The number of thiophene rings is 1. The van der Waals surface area contributed by atoms with Crippen molar-refractivity contribution in [3.05, 3.63) is 57.0 Å². The Bertz CT molecular complexity index is 450. The smallest absolute Gasteiger partial charge is 0.129 e. The largest absolute Gasteiger partial charge is 0.207 e. The van der Waals surface area contributed by atoms with Gasteiger partial charge >= 0.3 is 0 Å². The van der Waals surface area contributed by atoms with Gasteiger partial charge in [0.05, 0.1) is 0 Å². The number of hydrogen-bond donors (Lipinski definition) is 0. The monoisotopic (exact) mass is 318 g/mol. The normalized spacial score (nSPS) is 12.7. The first-order chi connectivity index (χ1) is 7.68. The standard InChI is InChI=1S/C12H9BrClFS/c13-9(7-8-3-2-6-16-8)12-10(14)4-1-5-11(12)15/h1-6,9H,7H2. The zero-order valence-electron chi connectivity index (χ0n) is 8.29. The average Bonchev–Trinajstić information content (AvgIpc) is 2.70. The van der Waals surface area contributed by atoms with Crippen molar-refractivity contribution in [1.82, 2.24) is 0 Å². The van der Waals surface area contributed by atoms with Crippen molar-refractivity contribution in [2.75, 3.05) is 0 Å². The molecule has 84 valence electrons. The summed E-state index contributed by atoms with van der Waals surface area (Å²) < 4.78 is 13.6. The molecule has 0 saturated heterocycles. The van der Waals surface area contributed by atoms with Gasteiger partial charge in [-0.25, -0.2) is 4.39 Å². The van der Waals surface area contributed by atoms with Crippen molar-refractivity contribution in [3.8, 4) is 0 Å². The number of hydrogen-bond acceptors (Lipinski definition) is 1. The number of alkyl halides is 1. The molecular weight excluding hydrogens is 311 g/mol. The molecular formula is C12H9BrClFS. The maximum Gasteiger partial charge on any atom is 0.129 e. The maximum atomic E-state index is 13.6. The molecule has 0 radical (unpaired) electrons. The van der Waals surface area contributed by atoms with Crippen LogP contribution in [0.4, 0.5) is 4.39 Å². The molecule has 0 amide bonds. The molecule has 0 aliphatic heterocycles. The lowest BCUT2D eigenvalue weighted by Gasteiger charge is -2.11. The van der Waals surface area contributed by atoms with Crippen molar-refractivity contribution in [2.24, 2.45) is 0 Å². The van der Waals surface area contributed by atoms with Gasteiger partial charge in [0.25, 0.3) is 0 Å². The van der Waals surface area contributed by atoms with Crippen molar-refractivity contribution in [1.29, 1.82) is 0 Å². The van der Waals surface area contributed by atoms with Gasteiger partial charge in [-0.15, -0.1) is 11.3 Å². The molecule has 0 N–H and O–H groups in total. The summed E-state index contributed by atoms with van der Waals surface area (Å²) in [6.07, 6.45) is 0.748. The van der Waals surface area contributed by atoms with Gasteiger partial charge in [-0.2, -0.15) is 0 Å². The maximum absolute atomic E-state index is 13.6. The minimum Gasteiger partial charge on any atom is -0.207 e. The van der Waals surface area contributed by atoms with E-state index in [2.05, 4.69) is 15.9 Å². The number of benzene rings is 1. The lowest BCUT2D eigenvalue weighted by Crippen LogP contribution is -1.98. The molecule has 2 aromatic rings. The lowest BCUT2D eigenvalue weighted by molar-refractivity contribution is 0.608. The van der Waals surface area contributed by atoms with E-state index in [1.165, 1.54) is 10.9 Å². The molecule has 1 atom stereocenters. The Morgan fingerprint density at radius 1 is 1.31 bits per heavy atom. The fourth-order valence-electron chi connectivity index (χ4n) is 1.52. The van der Waals surface area contributed by atoms with Crippen LogP contribution < -0.4 is 0 Å². The first-order valence-corrected chi connectivity index (χ1v) is 6.96. The highest BCUT2D eigenvalue weighted by Crippen LogP contribution is 2.34. The Morgan fingerprint density at radius 3 is 2.75 bits per heavy atom. The van der Waals surface area contributed by atoms with E-state index in [1.54, 1.807) is 23.5 Å². The van der Waals surface area contributed by atoms with Crippen LogP contribution in [0.25, 0.3) is 0 Å². The summed E-state index contributed by atoms with van der Waals surface area (Å²) in [6, 6.07) is 8.79. The van der Waals surface area contributed by atoms with E-state index in [-0.39, 0.29) is 10.6 Å². The Kier molecular flexibility index (Phi) is 4.00. The molecule has 0 saturated carbocycles. The second kappa shape index (κ2) is 5.30. The van der Waals surface area contributed by atoms with Crippen LogP contribution in [0.3, 0.4) is 0 Å². The molecule has 0 aliphatic carbocycles. The minimum atomic E-state index is -0.258. The highest BCUT2D eigenvalue weighted by molar-refractivity contribution is 9.09. The van der Waals surface area contributed by atoms with E-state index in [1.807, 2.05) is 17.5 Å². The molecule has 0 bridgehead atoms. The summed E-state index contributed by atoms with van der Waals surface area (Å²) in [5, 5.41) is 2.48. The Balaban J connectivity index is 2.24. The van der Waals surface area contributed by atoms with Crippen LogP contribution >= 0.6 is 38.9 Å². The van der Waals surface area contributed by atoms with Crippen LogP contribution in [0, 0.1) is 5.82 Å². The van der Waals surface area contributed by atoms with Crippen molar-refractivity contribution in [3.63, 3.8) is 0 Å². The van der Waals surface area contributed by atoms with Gasteiger partial charge in [0, 0.05) is 20.3 Å². The van der Waals surface area contributed by atoms with Gasteiger partial charge < -0.3 is 0 Å². The molecule has 0 spiro atoms. The van der Waals surface area contributed by atoms with Crippen LogP contribution in [0.2, 0.25) is 5.02 Å². The van der Waals surface area contributed by atoms with Crippen molar-refractivity contribution in [2.45, 2.75) is 11.2 Å². The number of halogens is 3. The highest BCUT2D eigenvalue weighted by Gasteiger charge is 2.16. The van der Waals surface area contributed by atoms with Crippen LogP contribution in [0.1, 0.15) is 15.3 Å². The number of rotatable bonds is 3. The summed E-state index contributed by atoms with van der Waals surface area (Å²) >= 11 is 11.2. The van der Waals surface area contributed by atoms with E-state index in [4.69, 9.17) is 11.6 Å². The summed E-state index contributed by atoms with van der Waals surface area (Å²) in [5.41, 5.74) is 0.539. The second-order valence-electron chi connectivity index (χ2n) is 3.39. The van der Waals surface area contributed by atoms with Crippen molar-refractivity contribution < 1.29 is 4.39 Å². The Morgan fingerprint density at radius 2 is 2.12 bits per heavy atom. The molecule has 1 aromatic carbocycles. The predicted molar refractivity (Wildman–Crippen MR) is 71.1 cm³/mol. The van der Waals surface area contributed by atoms with E-state index in [0.29, 0.717) is 10.6 Å². The fraction of sp³-hybridized carbons (Fsp3) is 0.167. The molecule has 4 heteroatoms. The van der Waals surface area contributed by atoms with Crippen LogP contribution in [0.5, 0.6) is 0 Å². The topological polar surface area (TPSA) is 0 Å². The van der Waals surface area contributed by atoms with E-state index < -0.39 is 0 Å². The first-order valence-electron chi connectivity index (χ1n) is 4.79. The zero-order valence-corrected chi connectivity index (χ0v) is 11.4. The molecule has 1 aromatic heterocycles. The second-order valence-corrected chi connectivity index (χ2v) is 5.93. The molecule has 16 heavy (non-hydrogen) atoms. The molecule has 0 aliphatic rings. The average molecular weight is 320 g/mol. The third kappa shape index (κ3) is 2.65. The molecule has 0 nitrogen and oxygen atoms in total. The van der Waals surface area contributed by atoms with Gasteiger partial charge in [0.2, 0.25) is 0 Å². The van der Waals surface area contributed by atoms with Gasteiger partial charge in [0.15, 0.2) is 0 Å². The van der Waals surface area contributed by atoms with Crippen LogP contribution in [0.15, 0.2) is 35.7 Å². The fourth-order valence-corrected chi connectivity index (χ4v) is 3.72. The highest BCUT2D eigenvalue weighted by atomic mass is 79.9. The van der Waals surface area contributed by atoms with E-state index >= 15 is 0 Å². The van der Waals surface area contributed by atoms with Crippen LogP contribution in [-0.2, 0) is 6.42 Å². The Hall–Kier alpha value is -0.380. The van der Waals surface area contributed by atoms with Gasteiger partial charge in [-0.05, 0) is 30.0 Å². The lowest BCUT2D eigenvalue weighted by atomic mass is 10.1. The third-order valence-electron chi connectivity index (χ3n) is 2.27. The van der Waals surface area contributed by atoms with Gasteiger partial charge in [-0.3, -0.25) is 0 Å². The molecule has 2 rings (SSSR count). The van der Waals surface area contributed by atoms with Crippen LogP contribution in [-0.4, -0.2) is 0 Å². The third-order valence-corrected chi connectivity index (χ3v) is 4.28. The molecule has 0 fully saturated rings. The summed E-state index contributed by atoms with van der Waals surface area (Å²) in [4.78, 5) is 1.13. The van der Waals surface area contributed by atoms with E-state index in [9.17, 15) is 4.39 Å². The van der Waals surface area contributed by atoms with Gasteiger partial charge in [0.1, 0.15) is 5.82 Å². The zero-order chi connectivity index (χ0) is 11.5. The van der Waals surface area contributed by atoms with E-state index in [0.717, 1.165) is 6.42 Å². The first kappa shape index (κ1) is 12.1. The molecule has 1 unspecified atom stereocenters. The SMILES string of the molecule is Fc1cccc(Cl)c1C(Br)Cc1cccs1. The summed E-state index contributed by atoms with van der Waals surface area (Å²) in [6.45, 7) is 0. The van der Waals surface area contributed by atoms with Gasteiger partial charge in [-0.1, -0.05) is 39.7 Å². The summed E-state index contributed by atoms with van der Waals surface area (Å²) in [7, 11) is 0. The minimum absolute atomic E-state index is 0.0835. The molecule has 1 heterocycles. The quantitative estimate of drug-likeness (QED) is 0.680. The predicted octanol–water partition coefficient (Wildman–Crippen LogP) is 5.22. The van der Waals surface area contributed by atoms with Crippen molar-refractivity contribution >= 4 is 38.9 Å².